The predicted octanol–water partition coefficient (Wildman–Crippen LogP) is 2.17. The van der Waals surface area contributed by atoms with Crippen molar-refractivity contribution in [2.24, 2.45) is 0 Å². The summed E-state index contributed by atoms with van der Waals surface area (Å²) in [5.74, 6) is 0. The highest BCUT2D eigenvalue weighted by Crippen LogP contribution is 2.36. The van der Waals surface area contributed by atoms with Crippen molar-refractivity contribution in [3.05, 3.63) is 28.3 Å². The van der Waals surface area contributed by atoms with Crippen LogP contribution in [0.25, 0.3) is 0 Å². The summed E-state index contributed by atoms with van der Waals surface area (Å²) in [5.41, 5.74) is 1.46. The number of para-hydroxylation sites is 1. The SMILES string of the molecule is CNc1cccc(N2CCCC(N(C)C)C2)c1[N+](=O)[O-]. The van der Waals surface area contributed by atoms with Crippen LogP contribution in [-0.2, 0) is 0 Å². The molecule has 0 radical (unpaired) electrons. The molecule has 2 rings (SSSR count). The average molecular weight is 278 g/mol. The molecule has 0 aliphatic carbocycles. The summed E-state index contributed by atoms with van der Waals surface area (Å²) in [5, 5.41) is 14.3. The first kappa shape index (κ1) is 14.6. The zero-order valence-corrected chi connectivity index (χ0v) is 12.3. The van der Waals surface area contributed by atoms with Crippen LogP contribution in [0.15, 0.2) is 18.2 Å². The summed E-state index contributed by atoms with van der Waals surface area (Å²) in [7, 11) is 5.84. The lowest BCUT2D eigenvalue weighted by Gasteiger charge is -2.37. The third-order valence-corrected chi connectivity index (χ3v) is 3.93. The minimum absolute atomic E-state index is 0.175. The number of nitrogens with one attached hydrogen (secondary N) is 1. The van der Waals surface area contributed by atoms with E-state index in [1.54, 1.807) is 13.1 Å². The number of piperidine rings is 1. The van der Waals surface area contributed by atoms with Crippen molar-refractivity contribution < 1.29 is 4.92 Å². The molecule has 20 heavy (non-hydrogen) atoms. The van der Waals surface area contributed by atoms with Crippen molar-refractivity contribution in [2.45, 2.75) is 18.9 Å². The monoisotopic (exact) mass is 278 g/mol. The van der Waals surface area contributed by atoms with Gasteiger partial charge >= 0.3 is 5.69 Å². The second-order valence-electron chi connectivity index (χ2n) is 5.39. The Labute approximate surface area is 119 Å². The van der Waals surface area contributed by atoms with E-state index in [1.165, 1.54) is 0 Å². The minimum Gasteiger partial charge on any atom is -0.382 e. The van der Waals surface area contributed by atoms with Crippen molar-refractivity contribution in [3.63, 3.8) is 0 Å². The second kappa shape index (κ2) is 6.09. The van der Waals surface area contributed by atoms with Gasteiger partial charge in [-0.15, -0.1) is 0 Å². The molecule has 0 bridgehead atoms. The Morgan fingerprint density at radius 2 is 2.20 bits per heavy atom. The van der Waals surface area contributed by atoms with Gasteiger partial charge in [-0.05, 0) is 39.1 Å². The van der Waals surface area contributed by atoms with Crippen LogP contribution in [0.1, 0.15) is 12.8 Å². The molecular weight excluding hydrogens is 256 g/mol. The zero-order chi connectivity index (χ0) is 14.7. The lowest BCUT2D eigenvalue weighted by molar-refractivity contribution is -0.383. The molecule has 1 saturated heterocycles. The maximum atomic E-state index is 11.4. The van der Waals surface area contributed by atoms with Gasteiger partial charge in [0.15, 0.2) is 0 Å². The van der Waals surface area contributed by atoms with Crippen LogP contribution in [0, 0.1) is 10.1 Å². The largest absolute Gasteiger partial charge is 0.382 e. The zero-order valence-electron chi connectivity index (χ0n) is 12.3. The maximum absolute atomic E-state index is 11.4. The quantitative estimate of drug-likeness (QED) is 0.675. The standard InChI is InChI=1S/C14H22N4O2/c1-15-12-7-4-8-13(14(12)18(19)20)17-9-5-6-11(10-17)16(2)3/h4,7-8,11,15H,5-6,9-10H2,1-3H3. The molecule has 1 aromatic rings. The highest BCUT2D eigenvalue weighted by molar-refractivity contribution is 5.77. The van der Waals surface area contributed by atoms with Gasteiger partial charge in [-0.3, -0.25) is 10.1 Å². The fraction of sp³-hybridized carbons (Fsp3) is 0.571. The van der Waals surface area contributed by atoms with Crippen molar-refractivity contribution in [2.75, 3.05) is 44.4 Å². The molecule has 1 atom stereocenters. The van der Waals surface area contributed by atoms with E-state index in [2.05, 4.69) is 29.2 Å². The molecule has 0 saturated carbocycles. The van der Waals surface area contributed by atoms with Crippen LogP contribution in [-0.4, -0.2) is 50.1 Å². The molecule has 1 N–H and O–H groups in total. The van der Waals surface area contributed by atoms with Crippen LogP contribution in [0.5, 0.6) is 0 Å². The van der Waals surface area contributed by atoms with Gasteiger partial charge in [0.2, 0.25) is 0 Å². The first-order chi connectivity index (χ1) is 9.54. The van der Waals surface area contributed by atoms with Gasteiger partial charge in [0, 0.05) is 26.2 Å². The topological polar surface area (TPSA) is 61.6 Å². The summed E-state index contributed by atoms with van der Waals surface area (Å²) >= 11 is 0. The Kier molecular flexibility index (Phi) is 4.44. The van der Waals surface area contributed by atoms with E-state index < -0.39 is 0 Å². The van der Waals surface area contributed by atoms with Gasteiger partial charge in [-0.25, -0.2) is 0 Å². The van der Waals surface area contributed by atoms with Crippen molar-refractivity contribution in [3.8, 4) is 0 Å². The number of nitrogens with zero attached hydrogens (tertiary/aromatic N) is 3. The van der Waals surface area contributed by atoms with Crippen LogP contribution in [0.2, 0.25) is 0 Å². The lowest BCUT2D eigenvalue weighted by Crippen LogP contribution is -2.45. The number of nitro groups is 1. The van der Waals surface area contributed by atoms with E-state index in [0.29, 0.717) is 17.4 Å². The number of benzene rings is 1. The molecule has 0 spiro atoms. The van der Waals surface area contributed by atoms with Gasteiger partial charge < -0.3 is 15.1 Å². The van der Waals surface area contributed by atoms with Gasteiger partial charge in [0.1, 0.15) is 11.4 Å². The molecule has 6 heteroatoms. The van der Waals surface area contributed by atoms with E-state index in [0.717, 1.165) is 25.9 Å². The first-order valence-corrected chi connectivity index (χ1v) is 6.91. The molecule has 1 fully saturated rings. The van der Waals surface area contributed by atoms with Crippen LogP contribution in [0.4, 0.5) is 17.1 Å². The minimum atomic E-state index is -0.291. The smallest absolute Gasteiger partial charge is 0.315 e. The third-order valence-electron chi connectivity index (χ3n) is 3.93. The summed E-state index contributed by atoms with van der Waals surface area (Å²) in [4.78, 5) is 15.4. The molecule has 1 heterocycles. The van der Waals surface area contributed by atoms with Gasteiger partial charge in [-0.1, -0.05) is 6.07 Å². The number of likely N-dealkylation sites (N-methyl/N-ethyl adjacent to an activating group) is 1. The Balaban J connectivity index is 2.34. The number of anilines is 2. The molecule has 1 unspecified atom stereocenters. The van der Waals surface area contributed by atoms with E-state index in [9.17, 15) is 10.1 Å². The van der Waals surface area contributed by atoms with E-state index in [4.69, 9.17) is 0 Å². The predicted molar refractivity (Wildman–Crippen MR) is 81.6 cm³/mol. The molecule has 1 aliphatic heterocycles. The van der Waals surface area contributed by atoms with E-state index in [-0.39, 0.29) is 10.6 Å². The molecular formula is C14H22N4O2. The molecule has 0 aromatic heterocycles. The molecule has 6 nitrogen and oxygen atoms in total. The van der Waals surface area contributed by atoms with Gasteiger partial charge in [0.25, 0.3) is 0 Å². The highest BCUT2D eigenvalue weighted by Gasteiger charge is 2.28. The number of hydrogen-bond acceptors (Lipinski definition) is 5. The number of hydrogen-bond donors (Lipinski definition) is 1. The van der Waals surface area contributed by atoms with Crippen molar-refractivity contribution in [1.29, 1.82) is 0 Å². The average Bonchev–Trinajstić information content (AvgIpc) is 2.46. The molecule has 1 aromatic carbocycles. The van der Waals surface area contributed by atoms with Gasteiger partial charge in [0.05, 0.1) is 4.92 Å². The van der Waals surface area contributed by atoms with Crippen molar-refractivity contribution in [1.82, 2.24) is 4.90 Å². The lowest BCUT2D eigenvalue weighted by atomic mass is 10.0. The first-order valence-electron chi connectivity index (χ1n) is 6.91. The molecule has 110 valence electrons. The van der Waals surface area contributed by atoms with Gasteiger partial charge in [-0.2, -0.15) is 0 Å². The molecule has 1 aliphatic rings. The fourth-order valence-corrected chi connectivity index (χ4v) is 2.78. The highest BCUT2D eigenvalue weighted by atomic mass is 16.6. The maximum Gasteiger partial charge on any atom is 0.315 e. The van der Waals surface area contributed by atoms with Crippen LogP contribution >= 0.6 is 0 Å². The Hall–Kier alpha value is -1.82. The Morgan fingerprint density at radius 3 is 2.80 bits per heavy atom. The molecule has 0 amide bonds. The normalized spacial score (nSPS) is 19.2. The summed E-state index contributed by atoms with van der Waals surface area (Å²) < 4.78 is 0. The summed E-state index contributed by atoms with van der Waals surface area (Å²) in [6.07, 6.45) is 2.20. The van der Waals surface area contributed by atoms with E-state index in [1.807, 2.05) is 12.1 Å². The summed E-state index contributed by atoms with van der Waals surface area (Å²) in [6, 6.07) is 5.90. The number of rotatable bonds is 4. The number of nitro benzene ring substituents is 1. The fourth-order valence-electron chi connectivity index (χ4n) is 2.78. The summed E-state index contributed by atoms with van der Waals surface area (Å²) in [6.45, 7) is 1.71. The van der Waals surface area contributed by atoms with Crippen molar-refractivity contribution >= 4 is 17.1 Å². The Morgan fingerprint density at radius 1 is 1.45 bits per heavy atom. The Bertz CT molecular complexity index is 490. The second-order valence-corrected chi connectivity index (χ2v) is 5.39. The van der Waals surface area contributed by atoms with E-state index >= 15 is 0 Å². The third kappa shape index (κ3) is 2.85. The van der Waals surface area contributed by atoms with Crippen LogP contribution in [0.3, 0.4) is 0 Å². The van der Waals surface area contributed by atoms with Crippen LogP contribution < -0.4 is 10.2 Å².